The molecule has 0 heterocycles. The van der Waals surface area contributed by atoms with Gasteiger partial charge in [-0.15, -0.1) is 0 Å². The summed E-state index contributed by atoms with van der Waals surface area (Å²) in [7, 11) is 0. The summed E-state index contributed by atoms with van der Waals surface area (Å²) in [6.07, 6.45) is 1.52. The summed E-state index contributed by atoms with van der Waals surface area (Å²) in [5, 5.41) is 6.81. The number of amides is 2. The van der Waals surface area contributed by atoms with Gasteiger partial charge in [-0.1, -0.05) is 23.8 Å². The number of aryl methyl sites for hydroxylation is 1. The van der Waals surface area contributed by atoms with Gasteiger partial charge in [-0.25, -0.2) is 5.43 Å². The fourth-order valence-electron chi connectivity index (χ4n) is 2.83. The van der Waals surface area contributed by atoms with E-state index in [1.165, 1.54) is 6.21 Å². The molecular formula is C25H24IN3O4. The van der Waals surface area contributed by atoms with Crippen LogP contribution in [-0.2, 0) is 4.79 Å². The summed E-state index contributed by atoms with van der Waals surface area (Å²) < 4.78 is 12.3. The first-order valence-corrected chi connectivity index (χ1v) is 11.4. The minimum atomic E-state index is -0.297. The van der Waals surface area contributed by atoms with Crippen LogP contribution in [0.25, 0.3) is 0 Å². The van der Waals surface area contributed by atoms with Crippen molar-refractivity contribution in [3.8, 4) is 11.5 Å². The van der Waals surface area contributed by atoms with Crippen LogP contribution in [0.4, 0.5) is 5.69 Å². The fourth-order valence-corrected chi connectivity index (χ4v) is 3.37. The monoisotopic (exact) mass is 557 g/mol. The Bertz CT molecular complexity index is 1150. The molecule has 7 nitrogen and oxygen atoms in total. The number of nitrogens with one attached hydrogen (secondary N) is 2. The molecule has 0 aliphatic heterocycles. The Labute approximate surface area is 206 Å². The quantitative estimate of drug-likeness (QED) is 0.225. The predicted octanol–water partition coefficient (Wildman–Crippen LogP) is 4.78. The van der Waals surface area contributed by atoms with Gasteiger partial charge in [0.1, 0.15) is 0 Å². The number of carbonyl (C=O) groups is 2. The standard InChI is InChI=1S/C25H24IN3O4/c1-3-32-23-13-18(15-27-29-25(31)19-5-4-6-20(26)14-19)9-12-22(23)33-16-24(30)28-21-10-7-17(2)8-11-21/h4-15H,3,16H2,1-2H3,(H,28,30)(H,29,31)/b27-15-. The molecule has 0 atom stereocenters. The van der Waals surface area contributed by atoms with E-state index in [9.17, 15) is 9.59 Å². The number of benzene rings is 3. The number of rotatable bonds is 9. The Morgan fingerprint density at radius 1 is 1.00 bits per heavy atom. The Kier molecular flexibility index (Phi) is 8.82. The molecule has 0 saturated heterocycles. The molecule has 3 aromatic rings. The lowest BCUT2D eigenvalue weighted by molar-refractivity contribution is -0.118. The number of halogens is 1. The molecule has 2 amide bonds. The highest BCUT2D eigenvalue weighted by Gasteiger charge is 2.10. The van der Waals surface area contributed by atoms with E-state index in [1.807, 2.05) is 50.2 Å². The number of anilines is 1. The number of nitrogens with zero attached hydrogens (tertiary/aromatic N) is 1. The Morgan fingerprint density at radius 3 is 2.52 bits per heavy atom. The topological polar surface area (TPSA) is 89.0 Å². The molecule has 170 valence electrons. The van der Waals surface area contributed by atoms with Crippen LogP contribution >= 0.6 is 22.6 Å². The summed E-state index contributed by atoms with van der Waals surface area (Å²) in [5.74, 6) is 0.351. The van der Waals surface area contributed by atoms with E-state index in [2.05, 4.69) is 38.4 Å². The fraction of sp³-hybridized carbons (Fsp3) is 0.160. The van der Waals surface area contributed by atoms with Crippen molar-refractivity contribution in [2.45, 2.75) is 13.8 Å². The van der Waals surface area contributed by atoms with E-state index in [1.54, 1.807) is 30.3 Å². The number of hydrogen-bond donors (Lipinski definition) is 2. The third-order valence-corrected chi connectivity index (χ3v) is 5.10. The van der Waals surface area contributed by atoms with Crippen LogP contribution < -0.4 is 20.2 Å². The normalized spacial score (nSPS) is 10.6. The highest BCUT2D eigenvalue weighted by Crippen LogP contribution is 2.28. The largest absolute Gasteiger partial charge is 0.490 e. The van der Waals surface area contributed by atoms with E-state index < -0.39 is 0 Å². The molecule has 3 aromatic carbocycles. The van der Waals surface area contributed by atoms with Gasteiger partial charge < -0.3 is 14.8 Å². The average molecular weight is 557 g/mol. The van der Waals surface area contributed by atoms with E-state index in [4.69, 9.17) is 9.47 Å². The van der Waals surface area contributed by atoms with Crippen LogP contribution in [0.15, 0.2) is 71.8 Å². The smallest absolute Gasteiger partial charge is 0.271 e. The molecule has 33 heavy (non-hydrogen) atoms. The van der Waals surface area contributed by atoms with Crippen molar-refractivity contribution in [2.24, 2.45) is 5.10 Å². The lowest BCUT2D eigenvalue weighted by atomic mass is 10.2. The Balaban J connectivity index is 1.59. The second-order valence-electron chi connectivity index (χ2n) is 7.05. The first kappa shape index (κ1) is 24.2. The van der Waals surface area contributed by atoms with E-state index in [0.717, 1.165) is 9.13 Å². The lowest BCUT2D eigenvalue weighted by Gasteiger charge is -2.12. The molecule has 0 unspecified atom stereocenters. The van der Waals surface area contributed by atoms with Crippen molar-refractivity contribution < 1.29 is 19.1 Å². The van der Waals surface area contributed by atoms with Crippen molar-refractivity contribution in [3.05, 3.63) is 87.0 Å². The molecule has 2 N–H and O–H groups in total. The molecule has 0 aliphatic rings. The van der Waals surface area contributed by atoms with Gasteiger partial charge in [-0.2, -0.15) is 5.10 Å². The highest BCUT2D eigenvalue weighted by atomic mass is 127. The molecule has 0 bridgehead atoms. The lowest BCUT2D eigenvalue weighted by Crippen LogP contribution is -2.20. The SMILES string of the molecule is CCOc1cc(/C=N\NC(=O)c2cccc(I)c2)ccc1OCC(=O)Nc1ccc(C)cc1. The molecule has 8 heteroatoms. The van der Waals surface area contributed by atoms with Crippen LogP contribution in [0.5, 0.6) is 11.5 Å². The molecule has 0 saturated carbocycles. The summed E-state index contributed by atoms with van der Waals surface area (Å²) in [5.41, 5.74) is 5.57. The molecule has 0 radical (unpaired) electrons. The Morgan fingerprint density at radius 2 is 1.79 bits per heavy atom. The molecule has 0 spiro atoms. The number of ether oxygens (including phenoxy) is 2. The van der Waals surface area contributed by atoms with Gasteiger partial charge >= 0.3 is 0 Å². The van der Waals surface area contributed by atoms with Crippen molar-refractivity contribution >= 4 is 46.3 Å². The minimum absolute atomic E-state index is 0.159. The van der Waals surface area contributed by atoms with Gasteiger partial charge in [0, 0.05) is 14.8 Å². The van der Waals surface area contributed by atoms with E-state index in [-0.39, 0.29) is 18.4 Å². The summed E-state index contributed by atoms with van der Waals surface area (Å²) in [4.78, 5) is 24.4. The van der Waals surface area contributed by atoms with Crippen molar-refractivity contribution in [3.63, 3.8) is 0 Å². The zero-order chi connectivity index (χ0) is 23.6. The van der Waals surface area contributed by atoms with Crippen LogP contribution in [0.1, 0.15) is 28.4 Å². The van der Waals surface area contributed by atoms with Gasteiger partial charge in [0.2, 0.25) is 0 Å². The van der Waals surface area contributed by atoms with Crippen LogP contribution in [-0.4, -0.2) is 31.2 Å². The summed E-state index contributed by atoms with van der Waals surface area (Å²) in [6, 6.07) is 19.9. The Hall–Kier alpha value is -3.40. The summed E-state index contributed by atoms with van der Waals surface area (Å²) >= 11 is 2.15. The zero-order valence-corrected chi connectivity index (χ0v) is 20.5. The van der Waals surface area contributed by atoms with Crippen LogP contribution in [0, 0.1) is 10.5 Å². The molecular weight excluding hydrogens is 533 g/mol. The van der Waals surface area contributed by atoms with E-state index >= 15 is 0 Å². The van der Waals surface area contributed by atoms with E-state index in [0.29, 0.717) is 34.9 Å². The maximum atomic E-state index is 12.2. The second-order valence-corrected chi connectivity index (χ2v) is 8.30. The number of hydrazone groups is 1. The van der Waals surface area contributed by atoms with Crippen molar-refractivity contribution in [1.29, 1.82) is 0 Å². The van der Waals surface area contributed by atoms with Crippen LogP contribution in [0.3, 0.4) is 0 Å². The maximum Gasteiger partial charge on any atom is 0.271 e. The highest BCUT2D eigenvalue weighted by molar-refractivity contribution is 14.1. The second kappa shape index (κ2) is 12.0. The average Bonchev–Trinajstić information content (AvgIpc) is 2.80. The molecule has 0 fully saturated rings. The molecule has 3 rings (SSSR count). The van der Waals surface area contributed by atoms with Gasteiger partial charge in [-0.05, 0) is 90.5 Å². The number of carbonyl (C=O) groups excluding carboxylic acids is 2. The van der Waals surface area contributed by atoms with Gasteiger partial charge in [0.05, 0.1) is 12.8 Å². The third kappa shape index (κ3) is 7.60. The van der Waals surface area contributed by atoms with Gasteiger partial charge in [0.15, 0.2) is 18.1 Å². The zero-order valence-electron chi connectivity index (χ0n) is 18.3. The summed E-state index contributed by atoms with van der Waals surface area (Å²) in [6.45, 7) is 4.11. The van der Waals surface area contributed by atoms with Gasteiger partial charge in [-0.3, -0.25) is 9.59 Å². The van der Waals surface area contributed by atoms with Crippen molar-refractivity contribution in [2.75, 3.05) is 18.5 Å². The maximum absolute atomic E-state index is 12.2. The van der Waals surface area contributed by atoms with Gasteiger partial charge in [0.25, 0.3) is 11.8 Å². The molecule has 0 aliphatic carbocycles. The number of hydrogen-bond acceptors (Lipinski definition) is 5. The first-order chi connectivity index (χ1) is 15.9. The first-order valence-electron chi connectivity index (χ1n) is 10.3. The molecule has 0 aromatic heterocycles. The third-order valence-electron chi connectivity index (χ3n) is 4.43. The van der Waals surface area contributed by atoms with Crippen molar-refractivity contribution in [1.82, 2.24) is 5.43 Å². The minimum Gasteiger partial charge on any atom is -0.490 e. The van der Waals surface area contributed by atoms with Crippen LogP contribution in [0.2, 0.25) is 0 Å². The predicted molar refractivity (Wildman–Crippen MR) is 137 cm³/mol.